The van der Waals surface area contributed by atoms with Crippen molar-refractivity contribution in [2.75, 3.05) is 5.32 Å². The number of nitrogens with one attached hydrogen (secondary N) is 1. The second kappa shape index (κ2) is 7.49. The quantitative estimate of drug-likeness (QED) is 0.485. The number of aromatic nitrogens is 4. The Morgan fingerprint density at radius 1 is 0.933 bits per heavy atom. The Hall–Kier alpha value is -3.91. The van der Waals surface area contributed by atoms with Crippen molar-refractivity contribution in [3.8, 4) is 10.6 Å². The van der Waals surface area contributed by atoms with Gasteiger partial charge in [0.25, 0.3) is 5.56 Å². The van der Waals surface area contributed by atoms with Crippen molar-refractivity contribution in [3.63, 3.8) is 0 Å². The maximum atomic E-state index is 12.5. The van der Waals surface area contributed by atoms with Crippen LogP contribution in [0.1, 0.15) is 0 Å². The Morgan fingerprint density at radius 2 is 1.73 bits per heavy atom. The van der Waals surface area contributed by atoms with Crippen LogP contribution in [0, 0.1) is 0 Å². The van der Waals surface area contributed by atoms with Gasteiger partial charge < -0.3 is 5.32 Å². The first-order valence-corrected chi connectivity index (χ1v) is 10.1. The van der Waals surface area contributed by atoms with Crippen LogP contribution in [0.2, 0.25) is 0 Å². The van der Waals surface area contributed by atoms with Gasteiger partial charge in [-0.15, -0.1) is 11.3 Å². The first-order valence-electron chi connectivity index (χ1n) is 9.24. The van der Waals surface area contributed by atoms with E-state index in [4.69, 9.17) is 0 Å². The number of thiazole rings is 1. The van der Waals surface area contributed by atoms with Gasteiger partial charge in [-0.1, -0.05) is 24.3 Å². The van der Waals surface area contributed by atoms with Gasteiger partial charge in [0.2, 0.25) is 5.91 Å². The van der Waals surface area contributed by atoms with Crippen molar-refractivity contribution < 1.29 is 4.79 Å². The predicted octanol–water partition coefficient (Wildman–Crippen LogP) is 3.71. The number of hydrogen-bond donors (Lipinski definition) is 1. The van der Waals surface area contributed by atoms with Crippen LogP contribution in [0.5, 0.6) is 0 Å². The van der Waals surface area contributed by atoms with Crippen molar-refractivity contribution in [1.82, 2.24) is 19.5 Å². The van der Waals surface area contributed by atoms with Gasteiger partial charge in [0.1, 0.15) is 17.4 Å². The van der Waals surface area contributed by atoms with Crippen molar-refractivity contribution in [2.45, 2.75) is 6.54 Å². The van der Waals surface area contributed by atoms with Gasteiger partial charge in [-0.3, -0.25) is 14.2 Å². The molecule has 146 valence electrons. The highest BCUT2D eigenvalue weighted by Gasteiger charge is 2.11. The highest BCUT2D eigenvalue weighted by molar-refractivity contribution is 7.21. The third-order valence-electron chi connectivity index (χ3n) is 4.63. The molecule has 0 bridgehead atoms. The molecular formula is C22H15N5O2S. The van der Waals surface area contributed by atoms with Crippen LogP contribution < -0.4 is 10.9 Å². The fourth-order valence-corrected chi connectivity index (χ4v) is 4.15. The summed E-state index contributed by atoms with van der Waals surface area (Å²) in [5, 5.41) is 3.61. The zero-order valence-electron chi connectivity index (χ0n) is 15.6. The number of carbonyl (C=O) groups is 1. The van der Waals surface area contributed by atoms with E-state index in [1.165, 1.54) is 10.8 Å². The molecule has 8 heteroatoms. The monoisotopic (exact) mass is 413 g/mol. The van der Waals surface area contributed by atoms with Crippen LogP contribution >= 0.6 is 11.3 Å². The summed E-state index contributed by atoms with van der Waals surface area (Å²) < 4.78 is 2.51. The summed E-state index contributed by atoms with van der Waals surface area (Å²) in [4.78, 5) is 37.8. The molecule has 0 saturated heterocycles. The zero-order valence-corrected chi connectivity index (χ0v) is 16.5. The van der Waals surface area contributed by atoms with E-state index in [2.05, 4.69) is 20.3 Å². The molecule has 0 atom stereocenters. The van der Waals surface area contributed by atoms with E-state index in [1.807, 2.05) is 36.4 Å². The summed E-state index contributed by atoms with van der Waals surface area (Å²) >= 11 is 1.59. The first kappa shape index (κ1) is 18.1. The number of amides is 1. The Balaban J connectivity index is 1.34. The van der Waals surface area contributed by atoms with Crippen molar-refractivity contribution in [1.29, 1.82) is 0 Å². The minimum Gasteiger partial charge on any atom is -0.309 e. The van der Waals surface area contributed by atoms with Gasteiger partial charge in [0.05, 0.1) is 27.4 Å². The molecule has 0 aliphatic heterocycles. The topological polar surface area (TPSA) is 89.8 Å². The van der Waals surface area contributed by atoms with Gasteiger partial charge in [-0.25, -0.2) is 15.0 Å². The lowest BCUT2D eigenvalue weighted by Gasteiger charge is -2.09. The number of fused-ring (bicyclic) bond motifs is 2. The minimum absolute atomic E-state index is 0.122. The molecule has 5 aromatic rings. The van der Waals surface area contributed by atoms with Crippen LogP contribution in [0.3, 0.4) is 0 Å². The Labute approximate surface area is 174 Å². The third kappa shape index (κ3) is 3.44. The summed E-state index contributed by atoms with van der Waals surface area (Å²) in [7, 11) is 0. The van der Waals surface area contributed by atoms with Gasteiger partial charge >= 0.3 is 0 Å². The summed E-state index contributed by atoms with van der Waals surface area (Å²) in [5.41, 5.74) is 2.76. The second-order valence-corrected chi connectivity index (χ2v) is 7.67. The molecule has 30 heavy (non-hydrogen) atoms. The molecule has 3 heterocycles. The second-order valence-electron chi connectivity index (χ2n) is 6.64. The Morgan fingerprint density at radius 3 is 2.53 bits per heavy atom. The standard InChI is InChI=1S/C22H15N5O2S/c28-20(13-27-17-7-3-1-5-15(17)23-12-21(27)29)26-19-10-9-14(11-24-19)22-25-16-6-2-4-8-18(16)30-22/h1-12H,13H2,(H,24,26,28). The zero-order chi connectivity index (χ0) is 20.5. The maximum Gasteiger partial charge on any atom is 0.269 e. The number of anilines is 1. The molecule has 0 aliphatic carbocycles. The van der Waals surface area contributed by atoms with E-state index in [9.17, 15) is 9.59 Å². The average molecular weight is 413 g/mol. The third-order valence-corrected chi connectivity index (χ3v) is 5.71. The molecule has 0 aliphatic rings. The number of nitrogens with zero attached hydrogens (tertiary/aromatic N) is 4. The highest BCUT2D eigenvalue weighted by Crippen LogP contribution is 2.29. The molecule has 0 fully saturated rings. The summed E-state index contributed by atoms with van der Waals surface area (Å²) in [6, 6.07) is 18.7. The predicted molar refractivity (Wildman–Crippen MR) is 117 cm³/mol. The van der Waals surface area contributed by atoms with Gasteiger partial charge in [-0.2, -0.15) is 0 Å². The van der Waals surface area contributed by atoms with E-state index in [0.717, 1.165) is 20.8 Å². The summed E-state index contributed by atoms with van der Waals surface area (Å²) in [5.74, 6) is 0.0740. The minimum atomic E-state index is -0.339. The van der Waals surface area contributed by atoms with Crippen LogP contribution in [0.4, 0.5) is 5.82 Å². The van der Waals surface area contributed by atoms with E-state index in [0.29, 0.717) is 16.9 Å². The molecule has 5 rings (SSSR count). The molecule has 3 aromatic heterocycles. The normalized spacial score (nSPS) is 11.1. The fraction of sp³-hybridized carbons (Fsp3) is 0.0455. The molecule has 0 unspecified atom stereocenters. The van der Waals surface area contributed by atoms with E-state index in [1.54, 1.807) is 41.8 Å². The van der Waals surface area contributed by atoms with E-state index in [-0.39, 0.29) is 18.0 Å². The molecule has 1 N–H and O–H groups in total. The van der Waals surface area contributed by atoms with Crippen molar-refractivity contribution in [3.05, 3.63) is 83.4 Å². The average Bonchev–Trinajstić information content (AvgIpc) is 3.20. The number of benzene rings is 2. The molecule has 2 aromatic carbocycles. The number of pyridine rings is 1. The van der Waals surface area contributed by atoms with Gasteiger partial charge in [-0.05, 0) is 36.4 Å². The van der Waals surface area contributed by atoms with Gasteiger partial charge in [0.15, 0.2) is 0 Å². The number of carbonyl (C=O) groups excluding carboxylic acids is 1. The van der Waals surface area contributed by atoms with E-state index < -0.39 is 0 Å². The lowest BCUT2D eigenvalue weighted by Crippen LogP contribution is -2.28. The van der Waals surface area contributed by atoms with Crippen LogP contribution in [0.25, 0.3) is 31.8 Å². The highest BCUT2D eigenvalue weighted by atomic mass is 32.1. The van der Waals surface area contributed by atoms with Gasteiger partial charge in [0, 0.05) is 11.8 Å². The summed E-state index contributed by atoms with van der Waals surface area (Å²) in [6.07, 6.45) is 2.90. The van der Waals surface area contributed by atoms with Crippen LogP contribution in [-0.4, -0.2) is 25.4 Å². The van der Waals surface area contributed by atoms with Crippen LogP contribution in [-0.2, 0) is 11.3 Å². The number of hydrogen-bond acceptors (Lipinski definition) is 6. The first-order chi connectivity index (χ1) is 14.7. The van der Waals surface area contributed by atoms with Crippen molar-refractivity contribution in [2.24, 2.45) is 0 Å². The lowest BCUT2D eigenvalue weighted by atomic mass is 10.3. The largest absolute Gasteiger partial charge is 0.309 e. The summed E-state index contributed by atoms with van der Waals surface area (Å²) in [6.45, 7) is -0.122. The number of para-hydroxylation sites is 3. The molecule has 1 amide bonds. The van der Waals surface area contributed by atoms with E-state index >= 15 is 0 Å². The molecular weight excluding hydrogens is 398 g/mol. The Bertz CT molecular complexity index is 1410. The lowest BCUT2D eigenvalue weighted by molar-refractivity contribution is -0.116. The molecule has 0 spiro atoms. The van der Waals surface area contributed by atoms with Crippen molar-refractivity contribution >= 4 is 44.3 Å². The molecule has 7 nitrogen and oxygen atoms in total. The fourth-order valence-electron chi connectivity index (χ4n) is 3.19. The number of rotatable bonds is 4. The molecule has 0 saturated carbocycles. The Kier molecular flexibility index (Phi) is 4.53. The smallest absolute Gasteiger partial charge is 0.269 e. The molecule has 0 radical (unpaired) electrons. The maximum absolute atomic E-state index is 12.5. The van der Waals surface area contributed by atoms with Crippen LogP contribution in [0.15, 0.2) is 77.9 Å². The SMILES string of the molecule is O=C(Cn1c(=O)cnc2ccccc21)Nc1ccc(-c2nc3ccccc3s2)cn1.